The summed E-state index contributed by atoms with van der Waals surface area (Å²) in [6, 6.07) is 10.4. The number of benzene rings is 2. The normalized spacial score (nSPS) is 11.1. The van der Waals surface area contributed by atoms with Crippen LogP contribution in [0.4, 0.5) is 0 Å². The van der Waals surface area contributed by atoms with Gasteiger partial charge in [0.2, 0.25) is 0 Å². The number of aromatic nitrogens is 2. The zero-order chi connectivity index (χ0) is 18.0. The number of hydrogen-bond acceptors (Lipinski definition) is 4. The van der Waals surface area contributed by atoms with Crippen LogP contribution in [0.15, 0.2) is 36.4 Å². The minimum atomic E-state index is -1.07. The van der Waals surface area contributed by atoms with E-state index in [4.69, 9.17) is 4.74 Å². The van der Waals surface area contributed by atoms with Crippen LogP contribution >= 0.6 is 0 Å². The van der Waals surface area contributed by atoms with E-state index in [1.807, 2.05) is 18.2 Å². The summed E-state index contributed by atoms with van der Waals surface area (Å²) in [5.41, 5.74) is 2.78. The van der Waals surface area contributed by atoms with Gasteiger partial charge in [-0.2, -0.15) is 5.10 Å². The molecule has 3 aromatic rings. The van der Waals surface area contributed by atoms with E-state index in [1.165, 1.54) is 20.1 Å². The molecule has 3 rings (SSSR count). The van der Waals surface area contributed by atoms with Gasteiger partial charge in [-0.3, -0.25) is 9.89 Å². The highest BCUT2D eigenvalue weighted by Gasteiger charge is 2.17. The Labute approximate surface area is 143 Å². The highest BCUT2D eigenvalue weighted by atomic mass is 16.5. The topological polar surface area (TPSA) is 92.3 Å². The van der Waals surface area contributed by atoms with Crippen molar-refractivity contribution in [2.75, 3.05) is 7.11 Å². The predicted molar refractivity (Wildman–Crippen MR) is 95.0 cm³/mol. The first-order chi connectivity index (χ1) is 12.0. The van der Waals surface area contributed by atoms with E-state index in [0.29, 0.717) is 22.2 Å². The zero-order valence-electron chi connectivity index (χ0n) is 13.7. The van der Waals surface area contributed by atoms with Crippen molar-refractivity contribution in [2.45, 2.75) is 6.92 Å². The van der Waals surface area contributed by atoms with Crippen LogP contribution in [0, 0.1) is 0 Å². The molecule has 126 valence electrons. The number of rotatable bonds is 5. The van der Waals surface area contributed by atoms with Crippen LogP contribution in [0.5, 0.6) is 5.75 Å². The number of aromatic carboxylic acids is 1. The Balaban J connectivity index is 2.07. The maximum Gasteiger partial charge on any atom is 0.339 e. The van der Waals surface area contributed by atoms with Gasteiger partial charge in [0.15, 0.2) is 5.78 Å². The fourth-order valence-electron chi connectivity index (χ4n) is 2.64. The highest BCUT2D eigenvalue weighted by Crippen LogP contribution is 2.32. The lowest BCUT2D eigenvalue weighted by Gasteiger charge is -2.06. The average Bonchev–Trinajstić information content (AvgIpc) is 3.02. The third-order valence-corrected chi connectivity index (χ3v) is 3.87. The minimum Gasteiger partial charge on any atom is -0.495 e. The molecule has 1 heterocycles. The van der Waals surface area contributed by atoms with Gasteiger partial charge in [-0.15, -0.1) is 0 Å². The number of H-pyrrole nitrogens is 1. The molecule has 0 unspecified atom stereocenters. The molecule has 1 aromatic heterocycles. The van der Waals surface area contributed by atoms with Crippen LogP contribution in [0.2, 0.25) is 0 Å². The van der Waals surface area contributed by atoms with Crippen LogP contribution < -0.4 is 4.74 Å². The van der Waals surface area contributed by atoms with Crippen molar-refractivity contribution in [3.05, 3.63) is 58.8 Å². The van der Waals surface area contributed by atoms with Crippen molar-refractivity contribution >= 4 is 34.8 Å². The van der Waals surface area contributed by atoms with Crippen LogP contribution in [-0.2, 0) is 0 Å². The maximum atomic E-state index is 11.5. The number of hydrogen-bond donors (Lipinski definition) is 2. The molecule has 2 N–H and O–H groups in total. The second-order valence-corrected chi connectivity index (χ2v) is 5.50. The first kappa shape index (κ1) is 16.4. The summed E-state index contributed by atoms with van der Waals surface area (Å²) in [5.74, 6) is -0.812. The van der Waals surface area contributed by atoms with Crippen molar-refractivity contribution < 1.29 is 19.4 Å². The van der Waals surface area contributed by atoms with Gasteiger partial charge in [-0.1, -0.05) is 24.3 Å². The average molecular weight is 336 g/mol. The lowest BCUT2D eigenvalue weighted by molar-refractivity contribution is 0.0693. The van der Waals surface area contributed by atoms with Gasteiger partial charge in [-0.05, 0) is 36.8 Å². The molecule has 25 heavy (non-hydrogen) atoms. The number of ketones is 1. The minimum absolute atomic E-state index is 0.00626. The van der Waals surface area contributed by atoms with Crippen molar-refractivity contribution in [3.8, 4) is 5.75 Å². The number of ether oxygens (including phenoxy) is 1. The lowest BCUT2D eigenvalue weighted by Crippen LogP contribution is -2.00. The number of nitrogens with zero attached hydrogens (tertiary/aromatic N) is 1. The molecule has 0 radical (unpaired) electrons. The van der Waals surface area contributed by atoms with Crippen molar-refractivity contribution in [1.82, 2.24) is 10.2 Å². The molecule has 0 saturated carbocycles. The quantitative estimate of drug-likeness (QED) is 0.694. The Hall–Kier alpha value is -3.41. The molecular weight excluding hydrogens is 320 g/mol. The molecule has 0 amide bonds. The van der Waals surface area contributed by atoms with E-state index in [9.17, 15) is 14.7 Å². The zero-order valence-corrected chi connectivity index (χ0v) is 13.7. The molecule has 0 fully saturated rings. The fraction of sp³-hybridized carbons (Fsp3) is 0.105. The molecule has 0 aliphatic heterocycles. The molecular formula is C19H16N2O4. The molecule has 0 spiro atoms. The fourth-order valence-corrected chi connectivity index (χ4v) is 2.64. The van der Waals surface area contributed by atoms with Crippen LogP contribution in [0.3, 0.4) is 0 Å². The van der Waals surface area contributed by atoms with Crippen molar-refractivity contribution in [3.63, 3.8) is 0 Å². The Bertz CT molecular complexity index is 1000. The van der Waals surface area contributed by atoms with E-state index in [2.05, 4.69) is 10.2 Å². The Kier molecular flexibility index (Phi) is 4.35. The highest BCUT2D eigenvalue weighted by molar-refractivity contribution is 6.03. The summed E-state index contributed by atoms with van der Waals surface area (Å²) in [6.07, 6.45) is 3.57. The number of aromatic amines is 1. The van der Waals surface area contributed by atoms with E-state index in [0.717, 1.165) is 5.56 Å². The van der Waals surface area contributed by atoms with Crippen LogP contribution in [0.25, 0.3) is 23.1 Å². The van der Waals surface area contributed by atoms with Gasteiger partial charge < -0.3 is 9.84 Å². The SMILES string of the molecule is COc1c(C(=O)O)ccc2[nH]nc(C=Cc3cccc(C(C)=O)c3)c12. The number of methoxy groups -OCH3 is 1. The number of carbonyl (C=O) groups is 2. The van der Waals surface area contributed by atoms with E-state index >= 15 is 0 Å². The molecule has 0 atom stereocenters. The summed E-state index contributed by atoms with van der Waals surface area (Å²) >= 11 is 0. The smallest absolute Gasteiger partial charge is 0.339 e. The summed E-state index contributed by atoms with van der Waals surface area (Å²) in [5, 5.41) is 17.0. The van der Waals surface area contributed by atoms with E-state index in [-0.39, 0.29) is 17.1 Å². The molecule has 0 aliphatic carbocycles. The third kappa shape index (κ3) is 3.14. The monoisotopic (exact) mass is 336 g/mol. The van der Waals surface area contributed by atoms with Gasteiger partial charge in [0.05, 0.1) is 23.7 Å². The van der Waals surface area contributed by atoms with E-state index < -0.39 is 5.97 Å². The molecule has 6 heteroatoms. The Morgan fingerprint density at radius 1 is 1.20 bits per heavy atom. The second kappa shape index (κ2) is 6.60. The molecule has 0 aliphatic rings. The summed E-state index contributed by atoms with van der Waals surface area (Å²) < 4.78 is 5.30. The first-order valence-electron chi connectivity index (χ1n) is 7.58. The standard InChI is InChI=1S/C19H16N2O4/c1-11(22)13-5-3-4-12(10-13)6-8-15-17-16(21-20-15)9-7-14(19(23)24)18(17)25-2/h3-10H,1-2H3,(H,20,21)(H,23,24). The number of fused-ring (bicyclic) bond motifs is 1. The number of Topliss-reactive ketones (excluding diaryl/α,β-unsaturated/α-hetero) is 1. The predicted octanol–water partition coefficient (Wildman–Crippen LogP) is 3.64. The largest absolute Gasteiger partial charge is 0.495 e. The van der Waals surface area contributed by atoms with Gasteiger partial charge in [0.1, 0.15) is 11.3 Å². The van der Waals surface area contributed by atoms with Gasteiger partial charge in [-0.25, -0.2) is 4.79 Å². The summed E-state index contributed by atoms with van der Waals surface area (Å²) in [4.78, 5) is 22.9. The molecule has 2 aromatic carbocycles. The number of carboxylic acid groups (broad SMARTS) is 1. The van der Waals surface area contributed by atoms with Gasteiger partial charge >= 0.3 is 5.97 Å². The number of carbonyl (C=O) groups excluding carboxylic acids is 1. The maximum absolute atomic E-state index is 11.5. The Morgan fingerprint density at radius 3 is 2.68 bits per heavy atom. The van der Waals surface area contributed by atoms with Gasteiger partial charge in [0.25, 0.3) is 0 Å². The first-order valence-corrected chi connectivity index (χ1v) is 7.58. The summed E-state index contributed by atoms with van der Waals surface area (Å²) in [6.45, 7) is 1.52. The molecule has 0 saturated heterocycles. The number of carboxylic acids is 1. The van der Waals surface area contributed by atoms with Crippen molar-refractivity contribution in [1.29, 1.82) is 0 Å². The lowest BCUT2D eigenvalue weighted by atomic mass is 10.1. The van der Waals surface area contributed by atoms with Gasteiger partial charge in [0, 0.05) is 5.56 Å². The molecule has 0 bridgehead atoms. The van der Waals surface area contributed by atoms with Crippen LogP contribution in [-0.4, -0.2) is 34.2 Å². The third-order valence-electron chi connectivity index (χ3n) is 3.87. The summed E-state index contributed by atoms with van der Waals surface area (Å²) in [7, 11) is 1.43. The second-order valence-electron chi connectivity index (χ2n) is 5.50. The van der Waals surface area contributed by atoms with Crippen molar-refractivity contribution in [2.24, 2.45) is 0 Å². The Morgan fingerprint density at radius 2 is 2.00 bits per heavy atom. The molecule has 6 nitrogen and oxygen atoms in total. The van der Waals surface area contributed by atoms with Crippen LogP contribution in [0.1, 0.15) is 38.9 Å². The number of nitrogens with one attached hydrogen (secondary N) is 1. The van der Waals surface area contributed by atoms with E-state index in [1.54, 1.807) is 24.3 Å².